The molecule has 7 nitrogen and oxygen atoms in total. The van der Waals surface area contributed by atoms with Crippen LogP contribution >= 0.6 is 0 Å². The van der Waals surface area contributed by atoms with Crippen LogP contribution in [0.5, 0.6) is 0 Å². The fourth-order valence-corrected chi connectivity index (χ4v) is 3.33. The third-order valence-electron chi connectivity index (χ3n) is 4.68. The Hall–Kier alpha value is -2.54. The molecule has 0 aliphatic heterocycles. The van der Waals surface area contributed by atoms with Gasteiger partial charge in [0.2, 0.25) is 11.1 Å². The summed E-state index contributed by atoms with van der Waals surface area (Å²) in [6, 6.07) is 1.52. The van der Waals surface area contributed by atoms with Gasteiger partial charge in [-0.1, -0.05) is 19.3 Å². The van der Waals surface area contributed by atoms with E-state index in [4.69, 9.17) is 10.2 Å². The summed E-state index contributed by atoms with van der Waals surface area (Å²) in [4.78, 5) is 25.7. The fraction of sp³-hybridized carbons (Fsp3) is 0.412. The lowest BCUT2D eigenvalue weighted by molar-refractivity contribution is 0.282. The molecule has 0 unspecified atom stereocenters. The van der Waals surface area contributed by atoms with Crippen molar-refractivity contribution in [2.75, 3.05) is 5.73 Å². The van der Waals surface area contributed by atoms with E-state index in [1.54, 1.807) is 6.20 Å². The van der Waals surface area contributed by atoms with E-state index >= 15 is 0 Å². The predicted octanol–water partition coefficient (Wildman–Crippen LogP) is 2.25. The Morgan fingerprint density at radius 3 is 2.79 bits per heavy atom. The summed E-state index contributed by atoms with van der Waals surface area (Å²) in [5.74, 6) is 1.16. The molecular formula is C17H18N4O3. The number of nitrogen functional groups attached to an aromatic ring is 1. The normalized spacial score (nSPS) is 16.0. The molecule has 0 spiro atoms. The molecule has 3 aromatic rings. The Morgan fingerprint density at radius 1 is 1.25 bits per heavy atom. The highest BCUT2D eigenvalue weighted by molar-refractivity contribution is 5.86. The summed E-state index contributed by atoms with van der Waals surface area (Å²) < 4.78 is 5.65. The first-order valence-electron chi connectivity index (χ1n) is 8.17. The van der Waals surface area contributed by atoms with Crippen LogP contribution in [0.3, 0.4) is 0 Å². The largest absolute Gasteiger partial charge is 0.434 e. The van der Waals surface area contributed by atoms with Crippen molar-refractivity contribution < 1.29 is 9.52 Å². The maximum Gasteiger partial charge on any atom is 0.232 e. The van der Waals surface area contributed by atoms with Crippen LogP contribution in [0, 0.1) is 0 Å². The van der Waals surface area contributed by atoms with Crippen molar-refractivity contribution in [3.63, 3.8) is 0 Å². The number of aliphatic hydroxyl groups excluding tert-OH is 1. The molecule has 1 aliphatic carbocycles. The Kier molecular flexibility index (Phi) is 3.65. The molecule has 7 heteroatoms. The minimum Gasteiger partial charge on any atom is -0.434 e. The summed E-state index contributed by atoms with van der Waals surface area (Å²) in [5, 5.41) is 9.59. The van der Waals surface area contributed by atoms with Gasteiger partial charge < -0.3 is 15.3 Å². The molecule has 3 heterocycles. The zero-order valence-corrected chi connectivity index (χ0v) is 13.2. The van der Waals surface area contributed by atoms with E-state index < -0.39 is 0 Å². The summed E-state index contributed by atoms with van der Waals surface area (Å²) in [6.07, 6.45) is 7.23. The second-order valence-corrected chi connectivity index (χ2v) is 6.25. The molecule has 4 rings (SSSR count). The van der Waals surface area contributed by atoms with E-state index in [9.17, 15) is 9.90 Å². The number of nitrogens with two attached hydrogens (primary N) is 1. The smallest absolute Gasteiger partial charge is 0.232 e. The predicted molar refractivity (Wildman–Crippen MR) is 89.5 cm³/mol. The maximum atomic E-state index is 12.8. The van der Waals surface area contributed by atoms with Crippen molar-refractivity contribution in [2.24, 2.45) is 0 Å². The topological polar surface area (TPSA) is 115 Å². The summed E-state index contributed by atoms with van der Waals surface area (Å²) >= 11 is 0. The number of rotatable bonds is 2. The number of hydrogen-bond acceptors (Lipinski definition) is 7. The average Bonchev–Trinajstić information content (AvgIpc) is 2.62. The van der Waals surface area contributed by atoms with Gasteiger partial charge in [-0.2, -0.15) is 4.98 Å². The summed E-state index contributed by atoms with van der Waals surface area (Å²) in [7, 11) is 0. The Morgan fingerprint density at radius 2 is 2.04 bits per heavy atom. The first-order chi connectivity index (χ1) is 11.7. The van der Waals surface area contributed by atoms with Crippen molar-refractivity contribution in [3.8, 4) is 0 Å². The Bertz CT molecular complexity index is 977. The minimum atomic E-state index is -0.288. The molecule has 1 saturated carbocycles. The molecule has 24 heavy (non-hydrogen) atoms. The van der Waals surface area contributed by atoms with E-state index in [2.05, 4.69) is 15.0 Å². The first kappa shape index (κ1) is 15.0. The molecule has 124 valence electrons. The second-order valence-electron chi connectivity index (χ2n) is 6.25. The lowest BCUT2D eigenvalue weighted by Crippen LogP contribution is -2.13. The van der Waals surface area contributed by atoms with Crippen LogP contribution in [0.15, 0.2) is 21.5 Å². The minimum absolute atomic E-state index is 0.135. The third-order valence-corrected chi connectivity index (χ3v) is 4.68. The lowest BCUT2D eigenvalue weighted by atomic mass is 9.89. The Labute approximate surface area is 137 Å². The highest BCUT2D eigenvalue weighted by Crippen LogP contribution is 2.31. The monoisotopic (exact) mass is 326 g/mol. The van der Waals surface area contributed by atoms with Crippen LogP contribution in [-0.4, -0.2) is 20.1 Å². The zero-order chi connectivity index (χ0) is 16.7. The van der Waals surface area contributed by atoms with Gasteiger partial charge in [-0.05, 0) is 18.9 Å². The van der Waals surface area contributed by atoms with Crippen LogP contribution in [-0.2, 0) is 6.61 Å². The molecule has 0 bridgehead atoms. The molecule has 0 radical (unpaired) electrons. The molecule has 0 aromatic carbocycles. The maximum absolute atomic E-state index is 12.8. The van der Waals surface area contributed by atoms with Gasteiger partial charge in [0.15, 0.2) is 11.1 Å². The number of fused-ring (bicyclic) bond motifs is 2. The molecule has 1 aliphatic rings. The van der Waals surface area contributed by atoms with Gasteiger partial charge in [0.05, 0.1) is 18.2 Å². The van der Waals surface area contributed by atoms with Crippen LogP contribution in [0.25, 0.3) is 22.2 Å². The standard InChI is InChI=1S/C17H18N4O3/c18-15-10(8-22)6-11-14(23)13-12(24-17(11)21-15)7-19-16(20-13)9-4-2-1-3-5-9/h6-7,9,22H,1-5,8H2,(H2,18,21). The number of anilines is 1. The van der Waals surface area contributed by atoms with Crippen LogP contribution < -0.4 is 11.2 Å². The SMILES string of the molecule is Nc1nc2oc3cnc(C4CCCCC4)nc3c(=O)c2cc1CO. The van der Waals surface area contributed by atoms with Crippen LogP contribution in [0.2, 0.25) is 0 Å². The van der Waals surface area contributed by atoms with Gasteiger partial charge in [0.1, 0.15) is 11.6 Å². The summed E-state index contributed by atoms with van der Waals surface area (Å²) in [5.41, 5.74) is 6.57. The van der Waals surface area contributed by atoms with Gasteiger partial charge in [-0.15, -0.1) is 0 Å². The van der Waals surface area contributed by atoms with E-state index in [0.717, 1.165) is 12.8 Å². The van der Waals surface area contributed by atoms with Crippen molar-refractivity contribution in [3.05, 3.63) is 33.9 Å². The van der Waals surface area contributed by atoms with E-state index in [1.165, 1.54) is 25.3 Å². The van der Waals surface area contributed by atoms with Gasteiger partial charge in [-0.3, -0.25) is 4.79 Å². The zero-order valence-electron chi connectivity index (χ0n) is 13.2. The molecule has 0 amide bonds. The first-order valence-corrected chi connectivity index (χ1v) is 8.17. The lowest BCUT2D eigenvalue weighted by Gasteiger charge is -2.19. The molecular weight excluding hydrogens is 308 g/mol. The number of aromatic nitrogens is 3. The highest BCUT2D eigenvalue weighted by Gasteiger charge is 2.20. The third kappa shape index (κ3) is 2.41. The van der Waals surface area contributed by atoms with Gasteiger partial charge in [0, 0.05) is 11.5 Å². The Balaban J connectivity index is 1.92. The van der Waals surface area contributed by atoms with E-state index in [-0.39, 0.29) is 34.5 Å². The average molecular weight is 326 g/mol. The van der Waals surface area contributed by atoms with Crippen molar-refractivity contribution in [2.45, 2.75) is 44.6 Å². The van der Waals surface area contributed by atoms with Crippen molar-refractivity contribution >= 4 is 28.0 Å². The molecule has 0 saturated heterocycles. The van der Waals surface area contributed by atoms with Gasteiger partial charge in [-0.25, -0.2) is 9.97 Å². The molecule has 3 N–H and O–H groups in total. The quantitative estimate of drug-likeness (QED) is 0.694. The van der Waals surface area contributed by atoms with E-state index in [1.807, 2.05) is 0 Å². The molecule has 0 atom stereocenters. The van der Waals surface area contributed by atoms with E-state index in [0.29, 0.717) is 22.9 Å². The highest BCUT2D eigenvalue weighted by atomic mass is 16.3. The number of pyridine rings is 1. The van der Waals surface area contributed by atoms with Crippen molar-refractivity contribution in [1.29, 1.82) is 0 Å². The number of hydrogen-bond donors (Lipinski definition) is 2. The summed E-state index contributed by atoms with van der Waals surface area (Å²) in [6.45, 7) is -0.288. The fourth-order valence-electron chi connectivity index (χ4n) is 3.33. The molecule has 1 fully saturated rings. The molecule has 3 aromatic heterocycles. The number of nitrogens with zero attached hydrogens (tertiary/aromatic N) is 3. The van der Waals surface area contributed by atoms with Crippen molar-refractivity contribution in [1.82, 2.24) is 15.0 Å². The van der Waals surface area contributed by atoms with Crippen LogP contribution in [0.1, 0.15) is 49.4 Å². The second kappa shape index (κ2) is 5.83. The van der Waals surface area contributed by atoms with Gasteiger partial charge >= 0.3 is 0 Å². The van der Waals surface area contributed by atoms with Gasteiger partial charge in [0.25, 0.3) is 0 Å². The number of aliphatic hydroxyl groups is 1. The van der Waals surface area contributed by atoms with Crippen LogP contribution in [0.4, 0.5) is 5.82 Å².